The molecule has 0 bridgehead atoms. The number of Topliss-reactive ketones (excluding diaryl/α,β-unsaturated/α-hetero) is 1. The van der Waals surface area contributed by atoms with E-state index < -0.39 is 5.69 Å². The first-order valence-corrected chi connectivity index (χ1v) is 7.25. The third-order valence-electron chi connectivity index (χ3n) is 3.76. The van der Waals surface area contributed by atoms with Crippen molar-refractivity contribution in [3.63, 3.8) is 0 Å². The number of aryl methyl sites for hydroxylation is 2. The summed E-state index contributed by atoms with van der Waals surface area (Å²) in [5.41, 5.74) is 2.90. The van der Waals surface area contributed by atoms with E-state index in [2.05, 4.69) is 10.4 Å². The molecule has 0 fully saturated rings. The van der Waals surface area contributed by atoms with Crippen LogP contribution in [-0.4, -0.2) is 25.6 Å². The molecule has 0 spiro atoms. The topological polar surface area (TPSA) is 69.8 Å². The average Bonchev–Trinajstić information content (AvgIpc) is 2.92. The van der Waals surface area contributed by atoms with Gasteiger partial charge in [0.2, 0.25) is 0 Å². The highest BCUT2D eigenvalue weighted by Crippen LogP contribution is 2.10. The van der Waals surface area contributed by atoms with Crippen molar-refractivity contribution in [1.82, 2.24) is 19.8 Å². The number of para-hydroxylation sites is 1. The minimum atomic E-state index is -0.437. The molecule has 0 radical (unpaired) electrons. The van der Waals surface area contributed by atoms with Gasteiger partial charge in [0.05, 0.1) is 5.69 Å². The van der Waals surface area contributed by atoms with Crippen LogP contribution in [-0.2, 0) is 6.54 Å². The lowest BCUT2D eigenvalue weighted by molar-refractivity contribution is 0.0965. The SMILES string of the molecule is Cc1ccc(C(=O)Cn2nnn(-c3ccccc3)c2=O)cc1C. The molecule has 23 heavy (non-hydrogen) atoms. The number of hydrogen-bond donors (Lipinski definition) is 0. The van der Waals surface area contributed by atoms with E-state index in [4.69, 9.17) is 0 Å². The second kappa shape index (κ2) is 6.00. The fourth-order valence-electron chi connectivity index (χ4n) is 2.25. The molecule has 6 nitrogen and oxygen atoms in total. The van der Waals surface area contributed by atoms with Gasteiger partial charge in [-0.3, -0.25) is 4.79 Å². The third kappa shape index (κ3) is 2.96. The molecule has 0 saturated heterocycles. The van der Waals surface area contributed by atoms with Crippen molar-refractivity contribution in [3.8, 4) is 5.69 Å². The number of carbonyl (C=O) groups is 1. The number of nitrogens with zero attached hydrogens (tertiary/aromatic N) is 4. The van der Waals surface area contributed by atoms with E-state index >= 15 is 0 Å². The molecule has 0 saturated carbocycles. The third-order valence-corrected chi connectivity index (χ3v) is 3.76. The lowest BCUT2D eigenvalue weighted by Crippen LogP contribution is -2.27. The number of aromatic nitrogens is 4. The van der Waals surface area contributed by atoms with Crippen molar-refractivity contribution in [2.24, 2.45) is 0 Å². The second-order valence-corrected chi connectivity index (χ2v) is 5.39. The van der Waals surface area contributed by atoms with Crippen LogP contribution in [0, 0.1) is 13.8 Å². The molecule has 116 valence electrons. The highest BCUT2D eigenvalue weighted by atomic mass is 16.2. The summed E-state index contributed by atoms with van der Waals surface area (Å²) in [7, 11) is 0. The summed E-state index contributed by atoms with van der Waals surface area (Å²) < 4.78 is 2.25. The summed E-state index contributed by atoms with van der Waals surface area (Å²) in [6.07, 6.45) is 0. The standard InChI is InChI=1S/C17H16N4O2/c1-12-8-9-14(10-13(12)2)16(22)11-20-17(23)21(19-18-20)15-6-4-3-5-7-15/h3-10H,11H2,1-2H3. The van der Waals surface area contributed by atoms with Gasteiger partial charge in [0, 0.05) is 5.56 Å². The zero-order valence-electron chi connectivity index (χ0n) is 12.9. The number of tetrazole rings is 1. The van der Waals surface area contributed by atoms with Gasteiger partial charge in [-0.2, -0.15) is 9.36 Å². The van der Waals surface area contributed by atoms with Crippen LogP contribution in [0.2, 0.25) is 0 Å². The fraction of sp³-hybridized carbons (Fsp3) is 0.176. The first-order chi connectivity index (χ1) is 11.1. The van der Waals surface area contributed by atoms with E-state index in [1.807, 2.05) is 32.0 Å². The molecule has 0 N–H and O–H groups in total. The van der Waals surface area contributed by atoms with Crippen LogP contribution in [0.15, 0.2) is 53.3 Å². The van der Waals surface area contributed by atoms with Gasteiger partial charge in [-0.05, 0) is 53.6 Å². The normalized spacial score (nSPS) is 10.7. The predicted octanol–water partition coefficient (Wildman–Crippen LogP) is 1.93. The average molecular weight is 308 g/mol. The number of carbonyl (C=O) groups excluding carboxylic acids is 1. The molecular formula is C17H16N4O2. The molecule has 6 heteroatoms. The van der Waals surface area contributed by atoms with E-state index in [9.17, 15) is 9.59 Å². The van der Waals surface area contributed by atoms with Crippen molar-refractivity contribution in [3.05, 3.63) is 75.7 Å². The van der Waals surface area contributed by atoms with E-state index in [-0.39, 0.29) is 12.3 Å². The van der Waals surface area contributed by atoms with Gasteiger partial charge in [0.1, 0.15) is 6.54 Å². The Morgan fingerprint density at radius 2 is 1.74 bits per heavy atom. The molecule has 1 heterocycles. The minimum Gasteiger partial charge on any atom is -0.292 e. The van der Waals surface area contributed by atoms with Crippen LogP contribution in [0.25, 0.3) is 5.69 Å². The molecule has 2 aromatic carbocycles. The summed E-state index contributed by atoms with van der Waals surface area (Å²) in [6.45, 7) is 3.80. The van der Waals surface area contributed by atoms with Gasteiger partial charge in [-0.15, -0.1) is 0 Å². The van der Waals surface area contributed by atoms with Crippen LogP contribution < -0.4 is 5.69 Å². The molecule has 1 aromatic heterocycles. The lowest BCUT2D eigenvalue weighted by atomic mass is 10.0. The summed E-state index contributed by atoms with van der Waals surface area (Å²) in [4.78, 5) is 24.6. The van der Waals surface area contributed by atoms with E-state index in [1.54, 1.807) is 30.3 Å². The van der Waals surface area contributed by atoms with Gasteiger partial charge < -0.3 is 0 Å². The maximum absolute atomic E-state index is 12.3. The van der Waals surface area contributed by atoms with Crippen molar-refractivity contribution < 1.29 is 4.79 Å². The monoisotopic (exact) mass is 308 g/mol. The minimum absolute atomic E-state index is 0.131. The Labute approximate surface area is 133 Å². The molecule has 0 unspecified atom stereocenters. The Bertz CT molecular complexity index is 910. The van der Waals surface area contributed by atoms with Gasteiger partial charge in [0.25, 0.3) is 0 Å². The summed E-state index contributed by atoms with van der Waals surface area (Å²) >= 11 is 0. The van der Waals surface area contributed by atoms with Crippen molar-refractivity contribution in [2.45, 2.75) is 20.4 Å². The summed E-state index contributed by atoms with van der Waals surface area (Å²) in [5, 5.41) is 7.62. The number of ketones is 1. The van der Waals surface area contributed by atoms with Crippen LogP contribution in [0.1, 0.15) is 21.5 Å². The molecule has 3 aromatic rings. The predicted molar refractivity (Wildman–Crippen MR) is 85.9 cm³/mol. The van der Waals surface area contributed by atoms with Crippen molar-refractivity contribution in [1.29, 1.82) is 0 Å². The Hall–Kier alpha value is -3.02. The molecule has 0 aliphatic carbocycles. The molecule has 0 aliphatic rings. The zero-order valence-corrected chi connectivity index (χ0v) is 12.9. The Morgan fingerprint density at radius 3 is 2.43 bits per heavy atom. The fourth-order valence-corrected chi connectivity index (χ4v) is 2.25. The van der Waals surface area contributed by atoms with Crippen LogP contribution in [0.5, 0.6) is 0 Å². The molecule has 0 atom stereocenters. The van der Waals surface area contributed by atoms with Gasteiger partial charge >= 0.3 is 5.69 Å². The van der Waals surface area contributed by atoms with E-state index in [1.165, 1.54) is 4.68 Å². The lowest BCUT2D eigenvalue weighted by Gasteiger charge is -2.04. The van der Waals surface area contributed by atoms with Crippen LogP contribution in [0.3, 0.4) is 0 Å². The Kier molecular flexibility index (Phi) is 3.89. The van der Waals surface area contributed by atoms with E-state index in [0.29, 0.717) is 11.3 Å². The quantitative estimate of drug-likeness (QED) is 0.691. The van der Waals surface area contributed by atoms with Gasteiger partial charge in [-0.1, -0.05) is 30.3 Å². The number of benzene rings is 2. The van der Waals surface area contributed by atoms with Crippen molar-refractivity contribution >= 4 is 5.78 Å². The molecular weight excluding hydrogens is 292 g/mol. The molecule has 0 amide bonds. The second-order valence-electron chi connectivity index (χ2n) is 5.39. The number of hydrogen-bond acceptors (Lipinski definition) is 4. The Balaban J connectivity index is 1.86. The van der Waals surface area contributed by atoms with Gasteiger partial charge in [-0.25, -0.2) is 4.79 Å². The van der Waals surface area contributed by atoms with Crippen LogP contribution >= 0.6 is 0 Å². The van der Waals surface area contributed by atoms with Crippen molar-refractivity contribution in [2.75, 3.05) is 0 Å². The summed E-state index contributed by atoms with van der Waals surface area (Å²) in [6, 6.07) is 14.5. The highest BCUT2D eigenvalue weighted by molar-refractivity contribution is 5.96. The Morgan fingerprint density at radius 1 is 1.00 bits per heavy atom. The summed E-state index contributed by atoms with van der Waals surface area (Å²) in [5.74, 6) is -0.171. The maximum atomic E-state index is 12.3. The smallest absolute Gasteiger partial charge is 0.292 e. The first kappa shape index (κ1) is 14.9. The highest BCUT2D eigenvalue weighted by Gasteiger charge is 2.14. The van der Waals surface area contributed by atoms with Gasteiger partial charge in [0.15, 0.2) is 5.78 Å². The largest absolute Gasteiger partial charge is 0.368 e. The van der Waals surface area contributed by atoms with Crippen LogP contribution in [0.4, 0.5) is 0 Å². The molecule has 0 aliphatic heterocycles. The van der Waals surface area contributed by atoms with E-state index in [0.717, 1.165) is 15.8 Å². The number of rotatable bonds is 4. The molecule has 3 rings (SSSR count). The first-order valence-electron chi connectivity index (χ1n) is 7.25. The maximum Gasteiger partial charge on any atom is 0.368 e. The zero-order chi connectivity index (χ0) is 16.4.